The lowest BCUT2D eigenvalue weighted by atomic mass is 10.1. The Bertz CT molecular complexity index is 1020. The van der Waals surface area contributed by atoms with Crippen LogP contribution in [0.1, 0.15) is 42.9 Å². The van der Waals surface area contributed by atoms with Crippen LogP contribution >= 0.6 is 0 Å². The number of aryl methyl sites for hydroxylation is 1. The van der Waals surface area contributed by atoms with Crippen LogP contribution in [0.15, 0.2) is 41.3 Å². The van der Waals surface area contributed by atoms with Crippen LogP contribution in [0.25, 0.3) is 0 Å². The number of benzene rings is 2. The Morgan fingerprint density at radius 3 is 2.79 bits per heavy atom. The van der Waals surface area contributed by atoms with E-state index in [-0.39, 0.29) is 10.8 Å². The molecule has 2 aromatic carbocycles. The van der Waals surface area contributed by atoms with E-state index in [1.54, 1.807) is 18.2 Å². The quantitative estimate of drug-likeness (QED) is 0.807. The van der Waals surface area contributed by atoms with Crippen LogP contribution in [-0.4, -0.2) is 25.8 Å². The molecule has 0 unspecified atom stereocenters. The van der Waals surface area contributed by atoms with Crippen molar-refractivity contribution in [2.24, 2.45) is 0 Å². The number of hydrogen-bond donors (Lipinski definition) is 2. The highest BCUT2D eigenvalue weighted by atomic mass is 32.2. The molecular weight excluding hydrogens is 374 g/mol. The zero-order valence-corrected chi connectivity index (χ0v) is 16.8. The molecule has 6 nitrogen and oxygen atoms in total. The summed E-state index contributed by atoms with van der Waals surface area (Å²) in [5, 5.41) is 2.84. The number of anilines is 2. The Morgan fingerprint density at radius 1 is 1.11 bits per heavy atom. The Morgan fingerprint density at radius 2 is 1.96 bits per heavy atom. The minimum atomic E-state index is -3.70. The van der Waals surface area contributed by atoms with Gasteiger partial charge in [-0.05, 0) is 66.8 Å². The number of carbonyl (C=O) groups excluding carboxylic acids is 1. The molecule has 2 aromatic rings. The van der Waals surface area contributed by atoms with Crippen LogP contribution in [0.2, 0.25) is 0 Å². The van der Waals surface area contributed by atoms with Crippen molar-refractivity contribution in [1.82, 2.24) is 4.90 Å². The lowest BCUT2D eigenvalue weighted by Gasteiger charge is -2.15. The van der Waals surface area contributed by atoms with Crippen molar-refractivity contribution >= 4 is 27.3 Å². The topological polar surface area (TPSA) is 78.5 Å². The zero-order chi connectivity index (χ0) is 19.7. The van der Waals surface area contributed by atoms with Gasteiger partial charge in [0.05, 0.1) is 10.6 Å². The van der Waals surface area contributed by atoms with Gasteiger partial charge in [0.2, 0.25) is 5.91 Å². The molecule has 0 radical (unpaired) electrons. The van der Waals surface area contributed by atoms with E-state index in [1.807, 2.05) is 12.1 Å². The Balaban J connectivity index is 1.61. The number of hydrogen-bond acceptors (Lipinski definition) is 4. The fraction of sp³-hybridized carbons (Fsp3) is 0.381. The third-order valence-electron chi connectivity index (χ3n) is 5.34. The number of amides is 1. The first-order valence-corrected chi connectivity index (χ1v) is 11.2. The second kappa shape index (κ2) is 7.56. The summed E-state index contributed by atoms with van der Waals surface area (Å²) in [5.41, 5.74) is 4.46. The van der Waals surface area contributed by atoms with E-state index in [0.717, 1.165) is 43.6 Å². The number of nitrogens with one attached hydrogen (secondary N) is 2. The summed E-state index contributed by atoms with van der Waals surface area (Å²) < 4.78 is 28.9. The van der Waals surface area contributed by atoms with Gasteiger partial charge in [0.1, 0.15) is 0 Å². The van der Waals surface area contributed by atoms with E-state index >= 15 is 0 Å². The van der Waals surface area contributed by atoms with Crippen molar-refractivity contribution in [3.63, 3.8) is 0 Å². The third-order valence-corrected chi connectivity index (χ3v) is 6.71. The van der Waals surface area contributed by atoms with E-state index in [1.165, 1.54) is 5.56 Å². The van der Waals surface area contributed by atoms with Gasteiger partial charge in [-0.3, -0.25) is 14.4 Å². The van der Waals surface area contributed by atoms with Gasteiger partial charge in [0.25, 0.3) is 10.0 Å². The first-order chi connectivity index (χ1) is 13.5. The number of fused-ring (bicyclic) bond motifs is 2. The van der Waals surface area contributed by atoms with E-state index in [2.05, 4.69) is 27.9 Å². The van der Waals surface area contributed by atoms with Crippen molar-refractivity contribution in [1.29, 1.82) is 0 Å². The number of nitrogens with zero attached hydrogens (tertiary/aromatic N) is 1. The van der Waals surface area contributed by atoms with Crippen LogP contribution in [-0.2, 0) is 34.3 Å². The average Bonchev–Trinajstić information content (AvgIpc) is 2.97. The SMILES string of the molecule is CCCN1Cc2cccc(NS(=O)(=O)c3ccc4c(c3)CCCC(=O)N4)c2C1. The third kappa shape index (κ3) is 3.77. The molecule has 4 rings (SSSR count). The highest BCUT2D eigenvalue weighted by molar-refractivity contribution is 7.92. The average molecular weight is 400 g/mol. The molecule has 0 atom stereocenters. The van der Waals surface area contributed by atoms with Gasteiger partial charge in [-0.15, -0.1) is 0 Å². The van der Waals surface area contributed by atoms with Gasteiger partial charge in [-0.2, -0.15) is 0 Å². The Labute approximate surface area is 166 Å². The second-order valence-corrected chi connectivity index (χ2v) is 9.16. The molecule has 0 bridgehead atoms. The molecule has 0 spiro atoms. The van der Waals surface area contributed by atoms with Gasteiger partial charge in [0.15, 0.2) is 0 Å². The van der Waals surface area contributed by atoms with E-state index in [9.17, 15) is 13.2 Å². The highest BCUT2D eigenvalue weighted by Gasteiger charge is 2.24. The molecule has 2 aliphatic rings. The summed E-state index contributed by atoms with van der Waals surface area (Å²) in [4.78, 5) is 14.3. The first kappa shape index (κ1) is 19.0. The molecule has 0 aromatic heterocycles. The van der Waals surface area contributed by atoms with Crippen molar-refractivity contribution < 1.29 is 13.2 Å². The summed E-state index contributed by atoms with van der Waals surface area (Å²) in [6.07, 6.45) is 2.93. The molecule has 0 saturated carbocycles. The molecule has 7 heteroatoms. The van der Waals surface area contributed by atoms with Gasteiger partial charge in [0, 0.05) is 25.2 Å². The number of rotatable bonds is 5. The lowest BCUT2D eigenvalue weighted by molar-refractivity contribution is -0.116. The van der Waals surface area contributed by atoms with Crippen molar-refractivity contribution in [2.75, 3.05) is 16.6 Å². The predicted octanol–water partition coefficient (Wildman–Crippen LogP) is 3.49. The van der Waals surface area contributed by atoms with Crippen molar-refractivity contribution in [3.05, 3.63) is 53.1 Å². The molecule has 2 aliphatic heterocycles. The summed E-state index contributed by atoms with van der Waals surface area (Å²) in [7, 11) is -3.70. The molecular formula is C21H25N3O3S. The summed E-state index contributed by atoms with van der Waals surface area (Å²) in [6, 6.07) is 10.7. The van der Waals surface area contributed by atoms with Crippen LogP contribution in [0.4, 0.5) is 11.4 Å². The molecule has 148 valence electrons. The molecule has 0 saturated heterocycles. The first-order valence-electron chi connectivity index (χ1n) is 9.75. The maximum Gasteiger partial charge on any atom is 0.261 e. The Kier molecular flexibility index (Phi) is 5.12. The van der Waals surface area contributed by atoms with E-state index in [4.69, 9.17) is 0 Å². The standard InChI is InChI=1S/C21H25N3O3S/c1-2-11-24-13-16-6-3-7-20(18(16)14-24)23-28(26,27)17-9-10-19-15(12-17)5-4-8-21(25)22-19/h3,6-7,9-10,12,23H,2,4-5,8,11,13-14H2,1H3,(H,22,25). The van der Waals surface area contributed by atoms with Gasteiger partial charge in [-0.25, -0.2) is 8.42 Å². The minimum Gasteiger partial charge on any atom is -0.326 e. The van der Waals surface area contributed by atoms with Crippen molar-refractivity contribution in [3.8, 4) is 0 Å². The molecule has 2 N–H and O–H groups in total. The Hall–Kier alpha value is -2.38. The van der Waals surface area contributed by atoms with Crippen LogP contribution in [0.5, 0.6) is 0 Å². The molecule has 1 amide bonds. The second-order valence-electron chi connectivity index (χ2n) is 7.48. The van der Waals surface area contributed by atoms with Crippen LogP contribution in [0.3, 0.4) is 0 Å². The fourth-order valence-corrected chi connectivity index (χ4v) is 5.12. The maximum absolute atomic E-state index is 13.0. The largest absolute Gasteiger partial charge is 0.326 e. The molecule has 28 heavy (non-hydrogen) atoms. The molecule has 0 fully saturated rings. The zero-order valence-electron chi connectivity index (χ0n) is 16.0. The number of carbonyl (C=O) groups is 1. The van der Waals surface area contributed by atoms with Gasteiger partial charge >= 0.3 is 0 Å². The smallest absolute Gasteiger partial charge is 0.261 e. The maximum atomic E-state index is 13.0. The van der Waals surface area contributed by atoms with Crippen molar-refractivity contribution in [2.45, 2.75) is 50.6 Å². The number of sulfonamides is 1. The van der Waals surface area contributed by atoms with Crippen LogP contribution < -0.4 is 10.0 Å². The lowest BCUT2D eigenvalue weighted by Crippen LogP contribution is -2.18. The molecule has 0 aliphatic carbocycles. The van der Waals surface area contributed by atoms with E-state index in [0.29, 0.717) is 24.2 Å². The minimum absolute atomic E-state index is 0.0241. The van der Waals surface area contributed by atoms with Gasteiger partial charge < -0.3 is 5.32 Å². The fourth-order valence-electron chi connectivity index (χ4n) is 3.98. The highest BCUT2D eigenvalue weighted by Crippen LogP contribution is 2.32. The summed E-state index contributed by atoms with van der Waals surface area (Å²) in [6.45, 7) is 4.76. The molecule has 2 heterocycles. The monoisotopic (exact) mass is 399 g/mol. The predicted molar refractivity (Wildman–Crippen MR) is 110 cm³/mol. The van der Waals surface area contributed by atoms with Crippen LogP contribution in [0, 0.1) is 0 Å². The van der Waals surface area contributed by atoms with Gasteiger partial charge in [-0.1, -0.05) is 19.1 Å². The normalized spacial score (nSPS) is 16.8. The van der Waals surface area contributed by atoms with E-state index < -0.39 is 10.0 Å². The summed E-state index contributed by atoms with van der Waals surface area (Å²) in [5.74, 6) is -0.0241. The summed E-state index contributed by atoms with van der Waals surface area (Å²) >= 11 is 0.